The number of rotatable bonds is 1. The third-order valence-corrected chi connectivity index (χ3v) is 4.83. The first kappa shape index (κ1) is 15.7. The van der Waals surface area contributed by atoms with Crippen LogP contribution in [-0.2, 0) is 4.79 Å². The highest BCUT2D eigenvalue weighted by Crippen LogP contribution is 2.42. The van der Waals surface area contributed by atoms with Crippen LogP contribution in [0.4, 0.5) is 10.5 Å². The number of fused-ring (bicyclic) bond motifs is 2. The van der Waals surface area contributed by atoms with Crippen LogP contribution < -0.4 is 9.64 Å². The molecule has 0 aliphatic carbocycles. The van der Waals surface area contributed by atoms with E-state index in [9.17, 15) is 20.0 Å². The summed E-state index contributed by atoms with van der Waals surface area (Å²) < 4.78 is 5.91. The Morgan fingerprint density at radius 3 is 2.80 bits per heavy atom. The molecule has 3 heterocycles. The molecule has 0 saturated carbocycles. The van der Waals surface area contributed by atoms with Crippen molar-refractivity contribution in [1.82, 2.24) is 4.90 Å². The molecule has 3 aliphatic heterocycles. The predicted octanol–water partition coefficient (Wildman–Crippen LogP) is 1.64. The van der Waals surface area contributed by atoms with Gasteiger partial charge in [0.1, 0.15) is 23.5 Å². The number of amides is 3. The van der Waals surface area contributed by atoms with E-state index in [-0.39, 0.29) is 0 Å². The number of nitrogens with zero attached hydrogens (tertiary/aromatic N) is 3. The zero-order valence-electron chi connectivity index (χ0n) is 13.9. The van der Waals surface area contributed by atoms with E-state index in [2.05, 4.69) is 6.07 Å². The maximum absolute atomic E-state index is 12.7. The SMILES string of the molecule is CC1(C)C=Cc2c(N3C(=O)[C@@H]4[C@H](O)CCN4C3=O)ccc(C#N)c2O1. The molecule has 3 amide bonds. The first-order valence-corrected chi connectivity index (χ1v) is 8.12. The molecule has 128 valence electrons. The lowest BCUT2D eigenvalue weighted by molar-refractivity contribution is -0.121. The normalized spacial score (nSPS) is 26.3. The van der Waals surface area contributed by atoms with Gasteiger partial charge >= 0.3 is 6.03 Å². The van der Waals surface area contributed by atoms with Gasteiger partial charge < -0.3 is 14.7 Å². The third kappa shape index (κ3) is 2.14. The monoisotopic (exact) mass is 339 g/mol. The van der Waals surface area contributed by atoms with Crippen LogP contribution in [0.3, 0.4) is 0 Å². The van der Waals surface area contributed by atoms with Crippen molar-refractivity contribution in [2.45, 2.75) is 38.0 Å². The number of imide groups is 1. The van der Waals surface area contributed by atoms with E-state index in [0.29, 0.717) is 35.5 Å². The van der Waals surface area contributed by atoms with E-state index in [4.69, 9.17) is 4.74 Å². The van der Waals surface area contributed by atoms with E-state index in [1.54, 1.807) is 18.2 Å². The molecule has 25 heavy (non-hydrogen) atoms. The van der Waals surface area contributed by atoms with Gasteiger partial charge in [0, 0.05) is 12.1 Å². The molecule has 2 atom stereocenters. The van der Waals surface area contributed by atoms with Crippen molar-refractivity contribution < 1.29 is 19.4 Å². The van der Waals surface area contributed by atoms with Gasteiger partial charge in [-0.25, -0.2) is 9.69 Å². The van der Waals surface area contributed by atoms with Crippen molar-refractivity contribution in [3.05, 3.63) is 29.3 Å². The molecule has 0 radical (unpaired) electrons. The predicted molar refractivity (Wildman–Crippen MR) is 88.9 cm³/mol. The number of hydrogen-bond acceptors (Lipinski definition) is 5. The molecule has 0 unspecified atom stereocenters. The summed E-state index contributed by atoms with van der Waals surface area (Å²) in [5.41, 5.74) is 0.649. The lowest BCUT2D eigenvalue weighted by Crippen LogP contribution is -2.37. The van der Waals surface area contributed by atoms with E-state index in [1.165, 1.54) is 4.90 Å². The van der Waals surface area contributed by atoms with Gasteiger partial charge in [-0.3, -0.25) is 4.79 Å². The van der Waals surface area contributed by atoms with Crippen LogP contribution >= 0.6 is 0 Å². The van der Waals surface area contributed by atoms with Crippen LogP contribution in [0, 0.1) is 11.3 Å². The first-order valence-electron chi connectivity index (χ1n) is 8.12. The second kappa shape index (κ2) is 5.07. The Kier molecular flexibility index (Phi) is 3.18. The molecule has 0 aromatic heterocycles. The minimum Gasteiger partial charge on any atom is -0.482 e. The van der Waals surface area contributed by atoms with E-state index in [1.807, 2.05) is 19.9 Å². The Bertz CT molecular complexity index is 868. The number of hydrogen-bond donors (Lipinski definition) is 1. The number of urea groups is 1. The highest BCUT2D eigenvalue weighted by atomic mass is 16.5. The van der Waals surface area contributed by atoms with Gasteiger partial charge in [-0.15, -0.1) is 0 Å². The summed E-state index contributed by atoms with van der Waals surface area (Å²) in [5.74, 6) is -0.0825. The molecular weight excluding hydrogens is 322 g/mol. The van der Waals surface area contributed by atoms with E-state index in [0.717, 1.165) is 4.90 Å². The quantitative estimate of drug-likeness (QED) is 0.785. The number of nitriles is 1. The maximum atomic E-state index is 12.7. The molecule has 1 aromatic carbocycles. The van der Waals surface area contributed by atoms with Gasteiger partial charge in [0.05, 0.1) is 17.4 Å². The summed E-state index contributed by atoms with van der Waals surface area (Å²) in [6.07, 6.45) is 3.15. The molecule has 0 bridgehead atoms. The molecule has 1 N–H and O–H groups in total. The highest BCUT2D eigenvalue weighted by molar-refractivity contribution is 6.22. The van der Waals surface area contributed by atoms with Crippen LogP contribution in [0.1, 0.15) is 31.4 Å². The fraction of sp³-hybridized carbons (Fsp3) is 0.389. The second-order valence-electron chi connectivity index (χ2n) is 6.98. The Morgan fingerprint density at radius 2 is 2.12 bits per heavy atom. The average Bonchev–Trinajstić information content (AvgIpc) is 3.06. The number of aliphatic hydroxyl groups is 1. The highest BCUT2D eigenvalue weighted by Gasteiger charge is 2.53. The third-order valence-electron chi connectivity index (χ3n) is 4.83. The van der Waals surface area contributed by atoms with Gasteiger partial charge in [-0.05, 0) is 44.6 Å². The Morgan fingerprint density at radius 1 is 1.36 bits per heavy atom. The van der Waals surface area contributed by atoms with Crippen molar-refractivity contribution in [3.8, 4) is 11.8 Å². The van der Waals surface area contributed by atoms with Crippen molar-refractivity contribution in [3.63, 3.8) is 0 Å². The van der Waals surface area contributed by atoms with Crippen molar-refractivity contribution >= 4 is 23.7 Å². The molecule has 7 nitrogen and oxygen atoms in total. The number of anilines is 1. The number of benzene rings is 1. The zero-order valence-corrected chi connectivity index (χ0v) is 13.9. The smallest absolute Gasteiger partial charge is 0.332 e. The van der Waals surface area contributed by atoms with Crippen molar-refractivity contribution in [2.75, 3.05) is 11.4 Å². The minimum atomic E-state index is -0.846. The van der Waals surface area contributed by atoms with Crippen LogP contribution in [0.5, 0.6) is 5.75 Å². The van der Waals surface area contributed by atoms with Crippen LogP contribution in [0.2, 0.25) is 0 Å². The summed E-state index contributed by atoms with van der Waals surface area (Å²) in [6.45, 7) is 4.07. The van der Waals surface area contributed by atoms with Crippen molar-refractivity contribution in [1.29, 1.82) is 5.26 Å². The van der Waals surface area contributed by atoms with Gasteiger partial charge in [-0.1, -0.05) is 0 Å². The van der Waals surface area contributed by atoms with Crippen LogP contribution in [0.25, 0.3) is 6.08 Å². The Labute approximate surface area is 144 Å². The largest absolute Gasteiger partial charge is 0.482 e. The molecule has 7 heteroatoms. The Balaban J connectivity index is 1.84. The standard InChI is InChI=1S/C18H17N3O4/c1-18(2)7-5-11-12(4-3-10(9-19)15(11)25-18)21-16(23)14-13(22)6-8-20(14)17(21)24/h3-5,7,13-14,22H,6,8H2,1-2H3/t13-,14+/m1/s1. The van der Waals surface area contributed by atoms with Crippen LogP contribution in [-0.4, -0.2) is 46.2 Å². The van der Waals surface area contributed by atoms with Gasteiger partial charge in [-0.2, -0.15) is 5.26 Å². The number of carbonyl (C=O) groups excluding carboxylic acids is 2. The molecule has 1 aromatic rings. The maximum Gasteiger partial charge on any atom is 0.332 e. The average molecular weight is 339 g/mol. The fourth-order valence-corrected chi connectivity index (χ4v) is 3.59. The number of ether oxygens (including phenoxy) is 1. The van der Waals surface area contributed by atoms with Gasteiger partial charge in [0.2, 0.25) is 0 Å². The Hall–Kier alpha value is -2.85. The molecular formula is C18H17N3O4. The number of aliphatic hydroxyl groups excluding tert-OH is 1. The van der Waals surface area contributed by atoms with Gasteiger partial charge in [0.25, 0.3) is 5.91 Å². The summed E-state index contributed by atoms with van der Waals surface area (Å²) in [6, 6.07) is 3.93. The second-order valence-corrected chi connectivity index (χ2v) is 6.98. The van der Waals surface area contributed by atoms with E-state index >= 15 is 0 Å². The lowest BCUT2D eigenvalue weighted by Gasteiger charge is -2.30. The molecule has 2 fully saturated rings. The summed E-state index contributed by atoms with van der Waals surface area (Å²) in [7, 11) is 0. The zero-order chi connectivity index (χ0) is 17.9. The summed E-state index contributed by atoms with van der Waals surface area (Å²) in [4.78, 5) is 27.9. The first-order chi connectivity index (χ1) is 11.8. The minimum absolute atomic E-state index is 0.343. The summed E-state index contributed by atoms with van der Waals surface area (Å²) in [5, 5.41) is 19.4. The molecule has 2 saturated heterocycles. The van der Waals surface area contributed by atoms with E-state index < -0.39 is 29.7 Å². The number of carbonyl (C=O) groups is 2. The lowest BCUT2D eigenvalue weighted by atomic mass is 9.98. The molecule has 4 rings (SSSR count). The van der Waals surface area contributed by atoms with Crippen molar-refractivity contribution in [2.24, 2.45) is 0 Å². The molecule has 3 aliphatic rings. The van der Waals surface area contributed by atoms with Gasteiger partial charge in [0.15, 0.2) is 0 Å². The fourth-order valence-electron chi connectivity index (χ4n) is 3.59. The van der Waals surface area contributed by atoms with Crippen LogP contribution in [0.15, 0.2) is 18.2 Å². The summed E-state index contributed by atoms with van der Waals surface area (Å²) >= 11 is 0. The molecule has 0 spiro atoms. The topological polar surface area (TPSA) is 93.9 Å².